The van der Waals surface area contributed by atoms with Gasteiger partial charge in [0.25, 0.3) is 0 Å². The Morgan fingerprint density at radius 2 is 0.803 bits per heavy atom. The zero-order chi connectivity index (χ0) is 44.0. The number of nitrogens with zero attached hydrogens (tertiary/aromatic N) is 2. The SMILES string of the molecule is CC1(C)c2cc3ccccc3cc2-c2cccc(-c3ccc(-c4cc(-c5cccc6c5C(c5ccccc5)(c5ccccc5)c5ccccc5-6)nc(-c5ccccc5)n4)c4ccccc34)c21. The van der Waals surface area contributed by atoms with Crippen molar-refractivity contribution in [3.63, 3.8) is 0 Å². The molecule has 0 saturated carbocycles. The van der Waals surface area contributed by atoms with Crippen molar-refractivity contribution in [1.82, 2.24) is 9.97 Å². The molecule has 13 rings (SSSR count). The first-order chi connectivity index (χ1) is 32.5. The summed E-state index contributed by atoms with van der Waals surface area (Å²) in [5.41, 5.74) is 19.5. The summed E-state index contributed by atoms with van der Waals surface area (Å²) in [7, 11) is 0. The molecule has 0 saturated heterocycles. The lowest BCUT2D eigenvalue weighted by Crippen LogP contribution is -2.29. The second-order valence-corrected chi connectivity index (χ2v) is 18.4. The minimum Gasteiger partial charge on any atom is -0.228 e. The van der Waals surface area contributed by atoms with E-state index in [1.807, 2.05) is 0 Å². The number of benzene rings is 10. The third-order valence-electron chi connectivity index (χ3n) is 14.5. The maximum atomic E-state index is 5.52. The van der Waals surface area contributed by atoms with Gasteiger partial charge in [0.05, 0.1) is 16.8 Å². The molecule has 0 radical (unpaired) electrons. The Bertz CT molecular complexity index is 3680. The van der Waals surface area contributed by atoms with E-state index in [0.29, 0.717) is 5.82 Å². The molecule has 0 spiro atoms. The van der Waals surface area contributed by atoms with E-state index >= 15 is 0 Å². The van der Waals surface area contributed by atoms with Crippen molar-refractivity contribution in [2.45, 2.75) is 24.7 Å². The second-order valence-electron chi connectivity index (χ2n) is 18.4. The van der Waals surface area contributed by atoms with Crippen LogP contribution in [-0.4, -0.2) is 9.97 Å². The molecule has 2 aliphatic carbocycles. The average molecular weight is 841 g/mol. The summed E-state index contributed by atoms with van der Waals surface area (Å²) in [4.78, 5) is 11.0. The second kappa shape index (κ2) is 14.7. The van der Waals surface area contributed by atoms with Crippen LogP contribution in [0.1, 0.15) is 47.2 Å². The molecule has 66 heavy (non-hydrogen) atoms. The number of aromatic nitrogens is 2. The molecule has 0 unspecified atom stereocenters. The van der Waals surface area contributed by atoms with Gasteiger partial charge in [-0.05, 0) is 107 Å². The van der Waals surface area contributed by atoms with Crippen molar-refractivity contribution in [2.24, 2.45) is 0 Å². The average Bonchev–Trinajstić information content (AvgIpc) is 3.81. The van der Waals surface area contributed by atoms with Crippen LogP contribution in [0.25, 0.3) is 88.8 Å². The summed E-state index contributed by atoms with van der Waals surface area (Å²) in [6, 6.07) is 84.3. The van der Waals surface area contributed by atoms with Crippen molar-refractivity contribution in [2.75, 3.05) is 0 Å². The van der Waals surface area contributed by atoms with E-state index in [-0.39, 0.29) is 5.41 Å². The molecular weight excluding hydrogens is 797 g/mol. The first kappa shape index (κ1) is 38.3. The first-order valence-electron chi connectivity index (χ1n) is 23.0. The van der Waals surface area contributed by atoms with Crippen LogP contribution in [-0.2, 0) is 10.8 Å². The Kier molecular flexibility index (Phi) is 8.51. The Labute approximate surface area is 385 Å². The number of hydrogen-bond acceptors (Lipinski definition) is 2. The predicted molar refractivity (Wildman–Crippen MR) is 274 cm³/mol. The summed E-state index contributed by atoms with van der Waals surface area (Å²) in [5.74, 6) is 0.696. The molecule has 10 aromatic carbocycles. The highest BCUT2D eigenvalue weighted by atomic mass is 14.9. The van der Waals surface area contributed by atoms with Gasteiger partial charge >= 0.3 is 0 Å². The maximum Gasteiger partial charge on any atom is 0.160 e. The zero-order valence-corrected chi connectivity index (χ0v) is 36.8. The molecular formula is C64H44N2. The molecule has 1 aromatic heterocycles. The summed E-state index contributed by atoms with van der Waals surface area (Å²) in [5, 5.41) is 4.91. The summed E-state index contributed by atoms with van der Waals surface area (Å²) >= 11 is 0. The fourth-order valence-corrected chi connectivity index (χ4v) is 11.7. The van der Waals surface area contributed by atoms with Gasteiger partial charge < -0.3 is 0 Å². The minimum atomic E-state index is -0.590. The van der Waals surface area contributed by atoms with Crippen LogP contribution in [0.4, 0.5) is 0 Å². The van der Waals surface area contributed by atoms with Crippen LogP contribution in [0.15, 0.2) is 231 Å². The highest BCUT2D eigenvalue weighted by Crippen LogP contribution is 2.59. The van der Waals surface area contributed by atoms with Gasteiger partial charge in [0.2, 0.25) is 0 Å². The largest absolute Gasteiger partial charge is 0.228 e. The highest BCUT2D eigenvalue weighted by Gasteiger charge is 2.48. The third-order valence-corrected chi connectivity index (χ3v) is 14.5. The van der Waals surface area contributed by atoms with Crippen molar-refractivity contribution < 1.29 is 0 Å². The molecule has 0 aliphatic heterocycles. The van der Waals surface area contributed by atoms with Crippen LogP contribution < -0.4 is 0 Å². The van der Waals surface area contributed by atoms with Gasteiger partial charge in [-0.3, -0.25) is 0 Å². The van der Waals surface area contributed by atoms with E-state index in [1.54, 1.807) is 0 Å². The van der Waals surface area contributed by atoms with Crippen molar-refractivity contribution >= 4 is 21.5 Å². The van der Waals surface area contributed by atoms with Crippen LogP contribution in [0.2, 0.25) is 0 Å². The number of hydrogen-bond donors (Lipinski definition) is 0. The minimum absolute atomic E-state index is 0.193. The zero-order valence-electron chi connectivity index (χ0n) is 36.8. The fraction of sp³-hybridized carbons (Fsp3) is 0.0625. The molecule has 2 nitrogen and oxygen atoms in total. The van der Waals surface area contributed by atoms with E-state index in [2.05, 4.69) is 244 Å². The van der Waals surface area contributed by atoms with Gasteiger partial charge in [0.1, 0.15) is 0 Å². The fourth-order valence-electron chi connectivity index (χ4n) is 11.7. The standard InChI is InChI=1S/C64H44N2/c1-63(2)57-39-43-23-13-12-22-42(43)38-55(57)53-33-18-31-51(60(53)63)48-36-37-50(47-29-15-14-28-46(47)48)58-40-59(66-62(65-58)41-20-6-3-7-21-41)54-34-19-32-52-49-30-16-17-35-56(49)64(61(52)54,44-24-8-4-9-25-44)45-26-10-5-11-27-45/h3-40H,1-2H3. The topological polar surface area (TPSA) is 25.8 Å². The molecule has 0 fully saturated rings. The molecule has 0 bridgehead atoms. The lowest BCUT2D eigenvalue weighted by atomic mass is 9.66. The van der Waals surface area contributed by atoms with Crippen LogP contribution in [0.3, 0.4) is 0 Å². The predicted octanol–water partition coefficient (Wildman–Crippen LogP) is 16.1. The lowest BCUT2D eigenvalue weighted by Gasteiger charge is -2.35. The monoisotopic (exact) mass is 840 g/mol. The molecule has 2 heteroatoms. The molecule has 2 aliphatic rings. The molecule has 310 valence electrons. The molecule has 11 aromatic rings. The normalized spacial score (nSPS) is 13.8. The van der Waals surface area contributed by atoms with Crippen molar-refractivity contribution in [3.8, 4) is 67.3 Å². The van der Waals surface area contributed by atoms with E-state index < -0.39 is 5.41 Å². The van der Waals surface area contributed by atoms with Gasteiger partial charge in [-0.2, -0.15) is 0 Å². The van der Waals surface area contributed by atoms with Crippen LogP contribution >= 0.6 is 0 Å². The van der Waals surface area contributed by atoms with E-state index in [0.717, 1.165) is 33.5 Å². The van der Waals surface area contributed by atoms with E-state index in [9.17, 15) is 0 Å². The lowest BCUT2D eigenvalue weighted by molar-refractivity contribution is 0.663. The van der Waals surface area contributed by atoms with E-state index in [4.69, 9.17) is 9.97 Å². The van der Waals surface area contributed by atoms with Gasteiger partial charge in [-0.1, -0.05) is 226 Å². The molecule has 0 atom stereocenters. The van der Waals surface area contributed by atoms with Crippen molar-refractivity contribution in [3.05, 3.63) is 264 Å². The Hall–Kier alpha value is -8.20. The Morgan fingerprint density at radius 3 is 1.48 bits per heavy atom. The summed E-state index contributed by atoms with van der Waals surface area (Å²) in [6.07, 6.45) is 0. The summed E-state index contributed by atoms with van der Waals surface area (Å²) in [6.45, 7) is 4.78. The Morgan fingerprint density at radius 1 is 0.318 bits per heavy atom. The van der Waals surface area contributed by atoms with Gasteiger partial charge in [0, 0.05) is 22.1 Å². The van der Waals surface area contributed by atoms with E-state index in [1.165, 1.54) is 82.9 Å². The van der Waals surface area contributed by atoms with Gasteiger partial charge in [-0.15, -0.1) is 0 Å². The van der Waals surface area contributed by atoms with Crippen LogP contribution in [0.5, 0.6) is 0 Å². The quantitative estimate of drug-likeness (QED) is 0.167. The first-order valence-corrected chi connectivity index (χ1v) is 23.0. The highest BCUT2D eigenvalue weighted by molar-refractivity contribution is 6.07. The number of rotatable bonds is 6. The van der Waals surface area contributed by atoms with Gasteiger partial charge in [0.15, 0.2) is 5.82 Å². The number of fused-ring (bicyclic) bond motifs is 8. The molecule has 1 heterocycles. The van der Waals surface area contributed by atoms with Crippen LogP contribution in [0, 0.1) is 0 Å². The third kappa shape index (κ3) is 5.55. The van der Waals surface area contributed by atoms with Crippen molar-refractivity contribution in [1.29, 1.82) is 0 Å². The smallest absolute Gasteiger partial charge is 0.160 e. The maximum absolute atomic E-state index is 5.52. The summed E-state index contributed by atoms with van der Waals surface area (Å²) < 4.78 is 0. The Balaban J connectivity index is 1.04. The molecule has 0 N–H and O–H groups in total. The van der Waals surface area contributed by atoms with Gasteiger partial charge in [-0.25, -0.2) is 9.97 Å². The molecule has 0 amide bonds.